The predicted octanol–water partition coefficient (Wildman–Crippen LogP) is 1.97. The van der Waals surface area contributed by atoms with Crippen LogP contribution in [0.2, 0.25) is 0 Å². The third-order valence-corrected chi connectivity index (χ3v) is 3.91. The number of nitrogens with zero attached hydrogens (tertiary/aromatic N) is 2. The second-order valence-corrected chi connectivity index (χ2v) is 5.46. The van der Waals surface area contributed by atoms with Crippen LogP contribution in [0, 0.1) is 0 Å². The van der Waals surface area contributed by atoms with E-state index in [1.165, 1.54) is 0 Å². The van der Waals surface area contributed by atoms with Gasteiger partial charge in [0.05, 0.1) is 11.7 Å². The molecule has 0 aliphatic heterocycles. The summed E-state index contributed by atoms with van der Waals surface area (Å²) in [5.74, 6) is 0.477. The maximum absolute atomic E-state index is 12.2. The van der Waals surface area contributed by atoms with Crippen molar-refractivity contribution in [3.05, 3.63) is 48.3 Å². The smallest absolute Gasteiger partial charge is 0.322 e. The minimum atomic E-state index is -1.28. The molecule has 6 heteroatoms. The van der Waals surface area contributed by atoms with Crippen LogP contribution in [0.25, 0.3) is 11.0 Å². The van der Waals surface area contributed by atoms with Crippen molar-refractivity contribution in [3.8, 4) is 5.75 Å². The van der Waals surface area contributed by atoms with Crippen molar-refractivity contribution in [3.63, 3.8) is 0 Å². The van der Waals surface area contributed by atoms with Gasteiger partial charge < -0.3 is 9.66 Å². The summed E-state index contributed by atoms with van der Waals surface area (Å²) in [5, 5.41) is 9.80. The number of hydrogen-bond donors (Lipinski definition) is 2. The lowest BCUT2D eigenvalue weighted by Gasteiger charge is -2.06. The molecule has 0 aliphatic carbocycles. The van der Waals surface area contributed by atoms with Gasteiger partial charge in [0.25, 0.3) is 0 Å². The third kappa shape index (κ3) is 2.54. The maximum Gasteiger partial charge on any atom is 0.322 e. The number of aromatic amines is 1. The fourth-order valence-electron chi connectivity index (χ4n) is 1.81. The van der Waals surface area contributed by atoms with E-state index in [1.54, 1.807) is 36.7 Å². The first-order valence-corrected chi connectivity index (χ1v) is 7.00. The van der Waals surface area contributed by atoms with Crippen LogP contribution < -0.4 is 0 Å². The van der Waals surface area contributed by atoms with Gasteiger partial charge in [-0.1, -0.05) is 12.1 Å². The van der Waals surface area contributed by atoms with Crippen LogP contribution in [0.1, 0.15) is 5.56 Å². The second kappa shape index (κ2) is 4.91. The van der Waals surface area contributed by atoms with Crippen molar-refractivity contribution in [2.24, 2.45) is 0 Å². The molecule has 3 aromatic rings. The molecule has 2 N–H and O–H groups in total. The summed E-state index contributed by atoms with van der Waals surface area (Å²) in [4.78, 5) is 11.2. The van der Waals surface area contributed by atoms with Gasteiger partial charge in [0.1, 0.15) is 17.0 Å². The van der Waals surface area contributed by atoms with Crippen molar-refractivity contribution < 1.29 is 9.66 Å². The minimum absolute atomic E-state index is 0.170. The number of phenols is 1. The molecule has 2 aromatic heterocycles. The van der Waals surface area contributed by atoms with Crippen LogP contribution in [0.4, 0.5) is 0 Å². The predicted molar refractivity (Wildman–Crippen MR) is 72.1 cm³/mol. The zero-order valence-electron chi connectivity index (χ0n) is 9.91. The fraction of sp³-hybridized carbons (Fsp3) is 0.0769. The Kier molecular flexibility index (Phi) is 3.10. The molecular formula is C13H11N3O2S. The largest absolute Gasteiger partial charge is 0.609 e. The lowest BCUT2D eigenvalue weighted by Crippen LogP contribution is -2.06. The molecule has 19 heavy (non-hydrogen) atoms. The first-order valence-electron chi connectivity index (χ1n) is 5.68. The molecule has 0 amide bonds. The van der Waals surface area contributed by atoms with Gasteiger partial charge in [-0.05, 0) is 18.2 Å². The lowest BCUT2D eigenvalue weighted by molar-refractivity contribution is 0.475. The summed E-state index contributed by atoms with van der Waals surface area (Å²) >= 11 is -1.28. The number of nitrogens with one attached hydrogen (secondary N) is 1. The van der Waals surface area contributed by atoms with E-state index in [0.717, 1.165) is 11.1 Å². The number of imidazole rings is 1. The number of benzene rings is 1. The van der Waals surface area contributed by atoms with E-state index < -0.39 is 11.2 Å². The Balaban J connectivity index is 1.85. The number of rotatable bonds is 3. The average Bonchev–Trinajstić information content (AvgIpc) is 2.82. The standard InChI is InChI=1S/C13H11N3O2S/c17-10-3-1-2-9(6-10)8-19(18)13-15-11-4-5-14-7-12(11)16-13/h1-7,17H,8H2,(H,15,16). The summed E-state index contributed by atoms with van der Waals surface area (Å²) < 4.78 is 12.2. The van der Waals surface area contributed by atoms with E-state index in [1.807, 2.05) is 6.07 Å². The number of H-pyrrole nitrogens is 1. The monoisotopic (exact) mass is 273 g/mol. The summed E-state index contributed by atoms with van der Waals surface area (Å²) in [6.45, 7) is 0. The SMILES string of the molecule is [O-][S+](Cc1cccc(O)c1)c1nc2cnccc2[nH]1. The molecule has 96 valence electrons. The van der Waals surface area contributed by atoms with E-state index >= 15 is 0 Å². The molecule has 3 rings (SSSR count). The van der Waals surface area contributed by atoms with Crippen LogP contribution in [-0.2, 0) is 16.9 Å². The summed E-state index contributed by atoms with van der Waals surface area (Å²) in [6, 6.07) is 8.52. The summed E-state index contributed by atoms with van der Waals surface area (Å²) in [5.41, 5.74) is 2.31. The highest BCUT2D eigenvalue weighted by atomic mass is 32.2. The number of fused-ring (bicyclic) bond motifs is 1. The Morgan fingerprint density at radius 1 is 1.32 bits per heavy atom. The molecule has 5 nitrogen and oxygen atoms in total. The first-order chi connectivity index (χ1) is 9.22. The third-order valence-electron chi connectivity index (χ3n) is 2.69. The number of aromatic hydroxyl groups is 1. The molecule has 1 aromatic carbocycles. The molecule has 0 bridgehead atoms. The van der Waals surface area contributed by atoms with Crippen molar-refractivity contribution in [1.82, 2.24) is 15.0 Å². The maximum atomic E-state index is 12.2. The zero-order valence-corrected chi connectivity index (χ0v) is 10.7. The first kappa shape index (κ1) is 12.0. The molecule has 1 atom stereocenters. The van der Waals surface area contributed by atoms with Crippen LogP contribution in [-0.4, -0.2) is 24.6 Å². The molecule has 0 spiro atoms. The Morgan fingerprint density at radius 3 is 3.00 bits per heavy atom. The molecule has 0 fully saturated rings. The fourth-order valence-corrected chi connectivity index (χ4v) is 2.85. The molecule has 0 saturated heterocycles. The Bertz CT molecular complexity index is 681. The molecule has 0 radical (unpaired) electrons. The van der Waals surface area contributed by atoms with Gasteiger partial charge in [0.15, 0.2) is 0 Å². The molecule has 0 aliphatic rings. The Labute approximate surface area is 112 Å². The van der Waals surface area contributed by atoms with E-state index in [-0.39, 0.29) is 5.75 Å². The molecule has 2 heterocycles. The van der Waals surface area contributed by atoms with Crippen LogP contribution in [0.15, 0.2) is 47.9 Å². The van der Waals surface area contributed by atoms with E-state index in [9.17, 15) is 9.66 Å². The van der Waals surface area contributed by atoms with Crippen LogP contribution in [0.3, 0.4) is 0 Å². The van der Waals surface area contributed by atoms with Crippen molar-refractivity contribution in [2.75, 3.05) is 0 Å². The van der Waals surface area contributed by atoms with Gasteiger partial charge in [-0.2, -0.15) is 4.98 Å². The number of pyridine rings is 1. The van der Waals surface area contributed by atoms with Crippen molar-refractivity contribution in [1.29, 1.82) is 0 Å². The second-order valence-electron chi connectivity index (χ2n) is 4.09. The topological polar surface area (TPSA) is 84.9 Å². The van der Waals surface area contributed by atoms with E-state index in [0.29, 0.717) is 16.4 Å². The number of phenolic OH excluding ortho intramolecular Hbond substituents is 1. The van der Waals surface area contributed by atoms with Crippen molar-refractivity contribution in [2.45, 2.75) is 10.9 Å². The molecular weight excluding hydrogens is 262 g/mol. The van der Waals surface area contributed by atoms with E-state index in [4.69, 9.17) is 0 Å². The number of aromatic nitrogens is 3. The van der Waals surface area contributed by atoms with E-state index in [2.05, 4.69) is 15.0 Å². The van der Waals surface area contributed by atoms with Gasteiger partial charge in [-0.3, -0.25) is 9.97 Å². The highest BCUT2D eigenvalue weighted by Crippen LogP contribution is 2.19. The number of hydrogen-bond acceptors (Lipinski definition) is 4. The van der Waals surface area contributed by atoms with Crippen LogP contribution >= 0.6 is 0 Å². The van der Waals surface area contributed by atoms with Gasteiger partial charge in [-0.15, -0.1) is 0 Å². The van der Waals surface area contributed by atoms with Crippen LogP contribution in [0.5, 0.6) is 5.75 Å². The molecule has 1 unspecified atom stereocenters. The summed E-state index contributed by atoms with van der Waals surface area (Å²) in [7, 11) is 0. The van der Waals surface area contributed by atoms with Gasteiger partial charge >= 0.3 is 5.16 Å². The average molecular weight is 273 g/mol. The van der Waals surface area contributed by atoms with Gasteiger partial charge in [0.2, 0.25) is 0 Å². The highest BCUT2D eigenvalue weighted by molar-refractivity contribution is 7.90. The quantitative estimate of drug-likeness (QED) is 0.714. The lowest BCUT2D eigenvalue weighted by atomic mass is 10.2. The minimum Gasteiger partial charge on any atom is -0.609 e. The molecule has 0 saturated carbocycles. The highest BCUT2D eigenvalue weighted by Gasteiger charge is 2.17. The normalized spacial score (nSPS) is 12.7. The Morgan fingerprint density at radius 2 is 2.21 bits per heavy atom. The summed E-state index contributed by atoms with van der Waals surface area (Å²) in [6.07, 6.45) is 3.28. The van der Waals surface area contributed by atoms with Gasteiger partial charge in [-0.25, -0.2) is 0 Å². The van der Waals surface area contributed by atoms with Crippen molar-refractivity contribution >= 4 is 22.2 Å². The zero-order chi connectivity index (χ0) is 13.2. The van der Waals surface area contributed by atoms with Gasteiger partial charge in [0, 0.05) is 22.9 Å². The Hall–Kier alpha value is -2.05.